The molecule has 26 heavy (non-hydrogen) atoms. The highest BCUT2D eigenvalue weighted by atomic mass is 35.5. The second-order valence-corrected chi connectivity index (χ2v) is 6.47. The summed E-state index contributed by atoms with van der Waals surface area (Å²) in [4.78, 5) is 15.0. The number of halogens is 3. The summed E-state index contributed by atoms with van der Waals surface area (Å²) >= 11 is 6.38. The highest BCUT2D eigenvalue weighted by Crippen LogP contribution is 2.40. The molecule has 1 aliphatic rings. The molecule has 1 aliphatic carbocycles. The summed E-state index contributed by atoms with van der Waals surface area (Å²) < 4.78 is 35.3. The van der Waals surface area contributed by atoms with Crippen LogP contribution in [0.3, 0.4) is 0 Å². The Morgan fingerprint density at radius 3 is 2.85 bits per heavy atom. The van der Waals surface area contributed by atoms with Crippen LogP contribution in [0.1, 0.15) is 12.8 Å². The molecule has 0 radical (unpaired) electrons. The van der Waals surface area contributed by atoms with Crippen molar-refractivity contribution < 1.29 is 18.3 Å². The van der Waals surface area contributed by atoms with Gasteiger partial charge in [-0.3, -0.25) is 4.79 Å². The summed E-state index contributed by atoms with van der Waals surface area (Å²) in [5, 5.41) is 6.55. The fourth-order valence-electron chi connectivity index (χ4n) is 2.71. The minimum Gasteiger partial charge on any atom is -0.492 e. The summed E-state index contributed by atoms with van der Waals surface area (Å²) in [5.41, 5.74) is 1.05. The molecule has 2 aromatic heterocycles. The Bertz CT molecular complexity index is 1010. The SMILES string of the molecule is O=c1[nH]ncc2[nH]c(-c3ccc(OC(F)F)cc3OCC3CC3)c(Cl)c12. The van der Waals surface area contributed by atoms with Crippen LogP contribution in [0.4, 0.5) is 8.78 Å². The van der Waals surface area contributed by atoms with Crippen molar-refractivity contribution in [1.29, 1.82) is 0 Å². The lowest BCUT2D eigenvalue weighted by Crippen LogP contribution is -2.06. The molecule has 0 bridgehead atoms. The van der Waals surface area contributed by atoms with Gasteiger partial charge in [-0.25, -0.2) is 5.10 Å². The van der Waals surface area contributed by atoms with Crippen molar-refractivity contribution >= 4 is 22.5 Å². The van der Waals surface area contributed by atoms with Gasteiger partial charge in [0.05, 0.1) is 34.4 Å². The van der Waals surface area contributed by atoms with E-state index in [0.717, 1.165) is 12.8 Å². The van der Waals surface area contributed by atoms with Gasteiger partial charge in [0, 0.05) is 11.6 Å². The van der Waals surface area contributed by atoms with Gasteiger partial charge in [-0.2, -0.15) is 13.9 Å². The molecular formula is C17H14ClF2N3O3. The molecule has 3 aromatic rings. The monoisotopic (exact) mass is 381 g/mol. The zero-order chi connectivity index (χ0) is 18.3. The van der Waals surface area contributed by atoms with Crippen LogP contribution in [-0.4, -0.2) is 28.4 Å². The first-order valence-electron chi connectivity index (χ1n) is 8.00. The Balaban J connectivity index is 1.80. The molecule has 2 heterocycles. The third-order valence-corrected chi connectivity index (χ3v) is 4.55. The van der Waals surface area contributed by atoms with Gasteiger partial charge >= 0.3 is 6.61 Å². The predicted octanol–water partition coefficient (Wildman–Crippen LogP) is 3.96. The molecule has 6 nitrogen and oxygen atoms in total. The van der Waals surface area contributed by atoms with Crippen molar-refractivity contribution in [3.8, 4) is 22.8 Å². The van der Waals surface area contributed by atoms with Crippen LogP contribution in [-0.2, 0) is 0 Å². The molecule has 1 aromatic carbocycles. The maximum Gasteiger partial charge on any atom is 0.387 e. The molecule has 1 fully saturated rings. The van der Waals surface area contributed by atoms with Gasteiger partial charge in [0.15, 0.2) is 0 Å². The van der Waals surface area contributed by atoms with E-state index >= 15 is 0 Å². The second kappa shape index (κ2) is 6.60. The van der Waals surface area contributed by atoms with Crippen LogP contribution < -0.4 is 15.0 Å². The van der Waals surface area contributed by atoms with Crippen molar-refractivity contribution in [2.75, 3.05) is 6.61 Å². The molecule has 0 saturated heterocycles. The summed E-state index contributed by atoms with van der Waals surface area (Å²) in [7, 11) is 0. The van der Waals surface area contributed by atoms with E-state index in [0.29, 0.717) is 35.0 Å². The fraction of sp³-hybridized carbons (Fsp3) is 0.294. The molecule has 4 rings (SSSR count). The van der Waals surface area contributed by atoms with E-state index in [-0.39, 0.29) is 16.2 Å². The molecule has 2 N–H and O–H groups in total. The van der Waals surface area contributed by atoms with Crippen molar-refractivity contribution in [3.05, 3.63) is 39.8 Å². The van der Waals surface area contributed by atoms with E-state index in [9.17, 15) is 13.6 Å². The maximum absolute atomic E-state index is 12.5. The lowest BCUT2D eigenvalue weighted by molar-refractivity contribution is -0.0499. The van der Waals surface area contributed by atoms with Gasteiger partial charge < -0.3 is 14.5 Å². The number of nitrogens with one attached hydrogen (secondary N) is 2. The first-order valence-corrected chi connectivity index (χ1v) is 8.37. The van der Waals surface area contributed by atoms with E-state index in [1.165, 1.54) is 18.3 Å². The van der Waals surface area contributed by atoms with Gasteiger partial charge in [0.1, 0.15) is 11.5 Å². The van der Waals surface area contributed by atoms with Crippen LogP contribution in [0.15, 0.2) is 29.2 Å². The number of hydrogen-bond acceptors (Lipinski definition) is 4. The molecule has 0 unspecified atom stereocenters. The highest BCUT2D eigenvalue weighted by molar-refractivity contribution is 6.38. The number of fused-ring (bicyclic) bond motifs is 1. The first kappa shape index (κ1) is 16.8. The number of aromatic amines is 2. The fourth-order valence-corrected chi connectivity index (χ4v) is 3.04. The average molecular weight is 382 g/mol. The number of hydrogen-bond donors (Lipinski definition) is 2. The standard InChI is InChI=1S/C17H14ClF2N3O3/c18-14-13-11(6-21-23-16(13)24)22-15(14)10-4-3-9(26-17(19)20)5-12(10)25-7-8-1-2-8/h3-6,8,17,22H,1-2,7H2,(H,23,24). The van der Waals surface area contributed by atoms with Crippen LogP contribution >= 0.6 is 11.6 Å². The highest BCUT2D eigenvalue weighted by Gasteiger charge is 2.24. The Kier molecular flexibility index (Phi) is 4.28. The maximum atomic E-state index is 12.5. The normalized spacial score (nSPS) is 14.2. The van der Waals surface area contributed by atoms with E-state index in [1.54, 1.807) is 6.07 Å². The number of H-pyrrole nitrogens is 2. The molecule has 0 amide bonds. The molecule has 1 saturated carbocycles. The Labute approximate surface area is 151 Å². The topological polar surface area (TPSA) is 80.0 Å². The lowest BCUT2D eigenvalue weighted by atomic mass is 10.1. The summed E-state index contributed by atoms with van der Waals surface area (Å²) in [6.07, 6.45) is 3.61. The third kappa shape index (κ3) is 3.24. The van der Waals surface area contributed by atoms with Gasteiger partial charge in [-0.05, 0) is 30.9 Å². The second-order valence-electron chi connectivity index (χ2n) is 6.09. The Morgan fingerprint density at radius 2 is 2.15 bits per heavy atom. The zero-order valence-electron chi connectivity index (χ0n) is 13.4. The van der Waals surface area contributed by atoms with Gasteiger partial charge in [-0.1, -0.05) is 11.6 Å². The zero-order valence-corrected chi connectivity index (χ0v) is 14.1. The number of benzene rings is 1. The smallest absolute Gasteiger partial charge is 0.387 e. The quantitative estimate of drug-likeness (QED) is 0.677. The molecule has 0 spiro atoms. The van der Waals surface area contributed by atoms with Crippen molar-refractivity contribution in [1.82, 2.24) is 15.2 Å². The first-order chi connectivity index (χ1) is 12.5. The van der Waals surface area contributed by atoms with E-state index in [1.807, 2.05) is 0 Å². The minimum absolute atomic E-state index is 0.0127. The summed E-state index contributed by atoms with van der Waals surface area (Å²) in [6, 6.07) is 4.36. The van der Waals surface area contributed by atoms with Crippen molar-refractivity contribution in [2.24, 2.45) is 5.92 Å². The van der Waals surface area contributed by atoms with Crippen molar-refractivity contribution in [3.63, 3.8) is 0 Å². The van der Waals surface area contributed by atoms with Crippen molar-refractivity contribution in [2.45, 2.75) is 19.5 Å². The largest absolute Gasteiger partial charge is 0.492 e. The van der Waals surface area contributed by atoms with Gasteiger partial charge in [0.25, 0.3) is 5.56 Å². The van der Waals surface area contributed by atoms with E-state index in [2.05, 4.69) is 19.9 Å². The molecule has 0 aliphatic heterocycles. The summed E-state index contributed by atoms with van der Waals surface area (Å²) in [5.74, 6) is 0.807. The van der Waals surface area contributed by atoms with Crippen LogP contribution in [0, 0.1) is 5.92 Å². The lowest BCUT2D eigenvalue weighted by Gasteiger charge is -2.13. The number of rotatable bonds is 6. The van der Waals surface area contributed by atoms with Gasteiger partial charge in [0.2, 0.25) is 0 Å². The molecule has 9 heteroatoms. The Morgan fingerprint density at radius 1 is 1.35 bits per heavy atom. The number of nitrogens with zero attached hydrogens (tertiary/aromatic N) is 1. The average Bonchev–Trinajstić information content (AvgIpc) is 3.36. The molecule has 136 valence electrons. The summed E-state index contributed by atoms with van der Waals surface area (Å²) in [6.45, 7) is -2.45. The predicted molar refractivity (Wildman–Crippen MR) is 92.0 cm³/mol. The number of aromatic nitrogens is 3. The van der Waals surface area contributed by atoms with Gasteiger partial charge in [-0.15, -0.1) is 0 Å². The molecular weight excluding hydrogens is 368 g/mol. The van der Waals surface area contributed by atoms with Crippen LogP contribution in [0.25, 0.3) is 22.2 Å². The minimum atomic E-state index is -2.93. The van der Waals surface area contributed by atoms with Crippen LogP contribution in [0.2, 0.25) is 5.02 Å². The number of ether oxygens (including phenoxy) is 2. The van der Waals surface area contributed by atoms with Crippen LogP contribution in [0.5, 0.6) is 11.5 Å². The van der Waals surface area contributed by atoms with E-state index < -0.39 is 12.2 Å². The van der Waals surface area contributed by atoms with E-state index in [4.69, 9.17) is 16.3 Å². The number of alkyl halides is 2. The molecule has 0 atom stereocenters. The Hall–Kier alpha value is -2.61. The third-order valence-electron chi connectivity index (χ3n) is 4.17.